The topological polar surface area (TPSA) is 42.3 Å². The molecule has 2 saturated heterocycles. The van der Waals surface area contributed by atoms with Gasteiger partial charge in [-0.2, -0.15) is 5.26 Å². The van der Waals surface area contributed by atoms with Crippen LogP contribution in [0.5, 0.6) is 0 Å². The van der Waals surface area contributed by atoms with Crippen LogP contribution in [0.15, 0.2) is 54.6 Å². The van der Waals surface area contributed by atoms with Crippen molar-refractivity contribution in [2.75, 3.05) is 32.7 Å². The Morgan fingerprint density at radius 3 is 2.56 bits per heavy atom. The molecule has 0 bridgehead atoms. The largest absolute Gasteiger partial charge is 0.313 e. The monoisotopic (exact) mass is 432 g/mol. The van der Waals surface area contributed by atoms with Crippen molar-refractivity contribution in [2.45, 2.75) is 49.7 Å². The van der Waals surface area contributed by atoms with Crippen LogP contribution in [0, 0.1) is 23.1 Å². The lowest BCUT2D eigenvalue weighted by molar-refractivity contribution is -0.0698. The standard InChI is InChI=1S/C27H33FN4/c28-24-8-4-5-22(15-24)18-31-19-27(20-31,11-12-29)32-13-9-21(10-14-32)17-30-26-16-25(26)23-6-2-1-3-7-23/h1-8,15,21,25-26,30H,9-11,13-14,16-20H2/t25-,26+/m0/s1. The van der Waals surface area contributed by atoms with Crippen LogP contribution in [0.2, 0.25) is 0 Å². The van der Waals surface area contributed by atoms with Crippen LogP contribution in [0.4, 0.5) is 4.39 Å². The molecule has 0 radical (unpaired) electrons. The predicted molar refractivity (Wildman–Crippen MR) is 125 cm³/mol. The number of hydrogen-bond acceptors (Lipinski definition) is 4. The third-order valence-electron chi connectivity index (χ3n) is 7.71. The Bertz CT molecular complexity index is 942. The fourth-order valence-electron chi connectivity index (χ4n) is 5.78. The van der Waals surface area contributed by atoms with Gasteiger partial charge in [-0.1, -0.05) is 42.5 Å². The molecule has 1 aliphatic carbocycles. The van der Waals surface area contributed by atoms with Gasteiger partial charge in [0.2, 0.25) is 0 Å². The normalized spacial score (nSPS) is 25.8. The zero-order chi connectivity index (χ0) is 22.0. The van der Waals surface area contributed by atoms with E-state index in [1.807, 2.05) is 6.07 Å². The highest BCUT2D eigenvalue weighted by Gasteiger charge is 2.48. The number of nitrogens with one attached hydrogen (secondary N) is 1. The van der Waals surface area contributed by atoms with Crippen molar-refractivity contribution in [3.05, 3.63) is 71.5 Å². The Kier molecular flexibility index (Phi) is 6.28. The molecule has 3 aliphatic rings. The molecule has 3 fully saturated rings. The van der Waals surface area contributed by atoms with Crippen molar-refractivity contribution in [1.82, 2.24) is 15.1 Å². The van der Waals surface area contributed by atoms with Gasteiger partial charge in [0.1, 0.15) is 5.82 Å². The summed E-state index contributed by atoms with van der Waals surface area (Å²) in [6.07, 6.45) is 4.24. The van der Waals surface area contributed by atoms with E-state index in [0.29, 0.717) is 18.4 Å². The number of halogens is 1. The van der Waals surface area contributed by atoms with Gasteiger partial charge in [-0.05, 0) is 68.1 Å². The minimum absolute atomic E-state index is 0.0185. The van der Waals surface area contributed by atoms with Crippen molar-refractivity contribution >= 4 is 0 Å². The fraction of sp³-hybridized carbons (Fsp3) is 0.519. The minimum atomic E-state index is -0.178. The van der Waals surface area contributed by atoms with E-state index in [4.69, 9.17) is 0 Å². The fourth-order valence-corrected chi connectivity index (χ4v) is 5.78. The Hall–Kier alpha value is -2.26. The summed E-state index contributed by atoms with van der Waals surface area (Å²) in [7, 11) is 0. The molecule has 2 aromatic rings. The Balaban J connectivity index is 1.07. The molecule has 2 heterocycles. The maximum atomic E-state index is 13.5. The number of nitrogens with zero attached hydrogens (tertiary/aromatic N) is 3. The van der Waals surface area contributed by atoms with Gasteiger partial charge in [0, 0.05) is 31.6 Å². The van der Waals surface area contributed by atoms with E-state index in [1.54, 1.807) is 12.1 Å². The zero-order valence-electron chi connectivity index (χ0n) is 18.7. The predicted octanol–water partition coefficient (Wildman–Crippen LogP) is 4.15. The molecule has 4 nitrogen and oxygen atoms in total. The van der Waals surface area contributed by atoms with E-state index in [1.165, 1.54) is 30.9 Å². The molecule has 0 spiro atoms. The second kappa shape index (κ2) is 9.31. The van der Waals surface area contributed by atoms with Crippen LogP contribution in [0.3, 0.4) is 0 Å². The maximum absolute atomic E-state index is 13.5. The summed E-state index contributed by atoms with van der Waals surface area (Å²) in [5, 5.41) is 13.3. The Labute approximate surface area is 191 Å². The summed E-state index contributed by atoms with van der Waals surface area (Å²) in [5.41, 5.74) is 2.45. The molecule has 168 valence electrons. The first-order valence-corrected chi connectivity index (χ1v) is 12.0. The van der Waals surface area contributed by atoms with Crippen LogP contribution >= 0.6 is 0 Å². The highest BCUT2D eigenvalue weighted by Crippen LogP contribution is 2.41. The molecular formula is C27H33FN4. The van der Waals surface area contributed by atoms with Crippen molar-refractivity contribution in [1.29, 1.82) is 5.26 Å². The van der Waals surface area contributed by atoms with Crippen LogP contribution in [0.25, 0.3) is 0 Å². The summed E-state index contributed by atoms with van der Waals surface area (Å²) in [4.78, 5) is 4.91. The second-order valence-electron chi connectivity index (χ2n) is 10.0. The SMILES string of the molecule is N#CCC1(N2CCC(CN[C@@H]3C[C@H]3c3ccccc3)CC2)CN(Cc2cccc(F)c2)C1. The first kappa shape index (κ1) is 21.6. The molecular weight excluding hydrogens is 399 g/mol. The molecule has 1 saturated carbocycles. The van der Waals surface area contributed by atoms with Gasteiger partial charge >= 0.3 is 0 Å². The summed E-state index contributed by atoms with van der Waals surface area (Å²) >= 11 is 0. The number of likely N-dealkylation sites (tertiary alicyclic amines) is 2. The average molecular weight is 433 g/mol. The van der Waals surface area contributed by atoms with Gasteiger partial charge in [0.05, 0.1) is 18.0 Å². The van der Waals surface area contributed by atoms with Gasteiger partial charge in [-0.15, -0.1) is 0 Å². The van der Waals surface area contributed by atoms with E-state index in [2.05, 4.69) is 51.5 Å². The highest BCUT2D eigenvalue weighted by molar-refractivity contribution is 5.27. The molecule has 5 heteroatoms. The van der Waals surface area contributed by atoms with E-state index in [9.17, 15) is 9.65 Å². The summed E-state index contributed by atoms with van der Waals surface area (Å²) in [6.45, 7) is 5.83. The number of nitriles is 1. The summed E-state index contributed by atoms with van der Waals surface area (Å²) in [5.74, 6) is 1.24. The number of piperidine rings is 1. The lowest BCUT2D eigenvalue weighted by Gasteiger charge is -2.56. The summed E-state index contributed by atoms with van der Waals surface area (Å²) < 4.78 is 13.5. The Morgan fingerprint density at radius 1 is 1.06 bits per heavy atom. The molecule has 0 unspecified atom stereocenters. The van der Waals surface area contributed by atoms with Gasteiger partial charge in [0.15, 0.2) is 0 Å². The first-order valence-electron chi connectivity index (χ1n) is 12.0. The molecule has 2 aliphatic heterocycles. The number of benzene rings is 2. The van der Waals surface area contributed by atoms with E-state index < -0.39 is 0 Å². The molecule has 0 amide bonds. The van der Waals surface area contributed by atoms with Crippen molar-refractivity contribution in [3.63, 3.8) is 0 Å². The van der Waals surface area contributed by atoms with Crippen molar-refractivity contribution in [2.24, 2.45) is 5.92 Å². The lowest BCUT2D eigenvalue weighted by Crippen LogP contribution is -2.70. The van der Waals surface area contributed by atoms with Crippen LogP contribution < -0.4 is 5.32 Å². The molecule has 1 N–H and O–H groups in total. The number of rotatable bonds is 8. The maximum Gasteiger partial charge on any atom is 0.123 e. The Morgan fingerprint density at radius 2 is 1.84 bits per heavy atom. The van der Waals surface area contributed by atoms with Gasteiger partial charge in [-0.25, -0.2) is 4.39 Å². The van der Waals surface area contributed by atoms with Gasteiger partial charge in [-0.3, -0.25) is 9.80 Å². The average Bonchev–Trinajstić information content (AvgIpc) is 3.57. The lowest BCUT2D eigenvalue weighted by atomic mass is 9.81. The summed E-state index contributed by atoms with van der Waals surface area (Å²) in [6, 6.07) is 20.8. The first-order chi connectivity index (χ1) is 15.6. The van der Waals surface area contributed by atoms with E-state index in [-0.39, 0.29) is 11.4 Å². The molecule has 2 atom stereocenters. The quantitative estimate of drug-likeness (QED) is 0.681. The molecule has 5 rings (SSSR count). The third-order valence-corrected chi connectivity index (χ3v) is 7.71. The van der Waals surface area contributed by atoms with Crippen LogP contribution in [0.1, 0.15) is 42.7 Å². The zero-order valence-corrected chi connectivity index (χ0v) is 18.7. The third kappa shape index (κ3) is 4.73. The van der Waals surface area contributed by atoms with Crippen molar-refractivity contribution < 1.29 is 4.39 Å². The van der Waals surface area contributed by atoms with Crippen molar-refractivity contribution in [3.8, 4) is 6.07 Å². The van der Waals surface area contributed by atoms with Crippen LogP contribution in [-0.4, -0.2) is 54.1 Å². The number of hydrogen-bond donors (Lipinski definition) is 1. The molecule has 2 aromatic carbocycles. The van der Waals surface area contributed by atoms with Gasteiger partial charge < -0.3 is 5.32 Å². The minimum Gasteiger partial charge on any atom is -0.313 e. The molecule has 0 aromatic heterocycles. The van der Waals surface area contributed by atoms with Crippen LogP contribution in [-0.2, 0) is 6.54 Å². The molecule has 32 heavy (non-hydrogen) atoms. The second-order valence-corrected chi connectivity index (χ2v) is 10.0. The van der Waals surface area contributed by atoms with E-state index in [0.717, 1.165) is 50.7 Å². The van der Waals surface area contributed by atoms with E-state index >= 15 is 0 Å². The smallest absolute Gasteiger partial charge is 0.123 e. The highest BCUT2D eigenvalue weighted by atomic mass is 19.1. The van der Waals surface area contributed by atoms with Gasteiger partial charge in [0.25, 0.3) is 0 Å².